The van der Waals surface area contributed by atoms with Crippen molar-refractivity contribution in [3.05, 3.63) is 58.2 Å². The van der Waals surface area contributed by atoms with Gasteiger partial charge in [0.1, 0.15) is 5.82 Å². The van der Waals surface area contributed by atoms with E-state index in [0.29, 0.717) is 37.0 Å². The van der Waals surface area contributed by atoms with Crippen LogP contribution in [0.1, 0.15) is 23.1 Å². The third-order valence-electron chi connectivity index (χ3n) is 4.72. The predicted molar refractivity (Wildman–Crippen MR) is 125 cm³/mol. The van der Waals surface area contributed by atoms with E-state index >= 15 is 0 Å². The van der Waals surface area contributed by atoms with Gasteiger partial charge in [0.15, 0.2) is 5.96 Å². The highest BCUT2D eigenvalue weighted by Gasteiger charge is 2.33. The summed E-state index contributed by atoms with van der Waals surface area (Å²) in [4.78, 5) is 9.99. The van der Waals surface area contributed by atoms with Gasteiger partial charge in [0.05, 0.1) is 22.2 Å². The molecule has 2 heterocycles. The van der Waals surface area contributed by atoms with Crippen LogP contribution in [-0.4, -0.2) is 37.1 Å². The van der Waals surface area contributed by atoms with Crippen LogP contribution < -0.4 is 15.5 Å². The number of nitrogens with zero attached hydrogens (tertiary/aromatic N) is 4. The van der Waals surface area contributed by atoms with E-state index in [4.69, 9.17) is 16.9 Å². The molecule has 0 aliphatic carbocycles. The Morgan fingerprint density at radius 3 is 2.81 bits per heavy atom. The van der Waals surface area contributed by atoms with Crippen molar-refractivity contribution in [3.8, 4) is 6.07 Å². The molecule has 6 nitrogen and oxygen atoms in total. The molecule has 0 bridgehead atoms. The minimum Gasteiger partial charge on any atom is -0.353 e. The smallest absolute Gasteiger partial charge is 0.353 e. The first-order valence-electron chi connectivity index (χ1n) is 9.24. The first-order valence-corrected chi connectivity index (χ1v) is 9.62. The number of halogens is 5. The van der Waals surface area contributed by atoms with Crippen molar-refractivity contribution in [1.82, 2.24) is 15.6 Å². The number of anilines is 1. The maximum atomic E-state index is 12.8. The molecule has 2 N–H and O–H groups in total. The maximum Gasteiger partial charge on any atom is 0.417 e. The van der Waals surface area contributed by atoms with E-state index in [1.807, 2.05) is 17.0 Å². The van der Waals surface area contributed by atoms with Gasteiger partial charge in [-0.2, -0.15) is 18.4 Å². The molecule has 1 atom stereocenters. The molecule has 11 heteroatoms. The van der Waals surface area contributed by atoms with Gasteiger partial charge in [-0.05, 0) is 30.2 Å². The Hall–Kier alpha value is -2.26. The Balaban J connectivity index is 0.00000341. The summed E-state index contributed by atoms with van der Waals surface area (Å²) >= 11 is 6.05. The van der Waals surface area contributed by atoms with Crippen LogP contribution in [0.2, 0.25) is 5.02 Å². The summed E-state index contributed by atoms with van der Waals surface area (Å²) in [6.45, 7) is 1.64. The number of rotatable bonds is 4. The van der Waals surface area contributed by atoms with Crippen LogP contribution in [-0.2, 0) is 12.7 Å². The van der Waals surface area contributed by atoms with Gasteiger partial charge in [-0.25, -0.2) is 4.98 Å². The Morgan fingerprint density at radius 1 is 1.39 bits per heavy atom. The SMILES string of the molecule is CN=C(NCc1cccc(C#N)c1)NC1CCN(c2ncc(C(F)(F)F)cc2Cl)C1.I. The van der Waals surface area contributed by atoms with Gasteiger partial charge >= 0.3 is 6.18 Å². The Morgan fingerprint density at radius 2 is 2.16 bits per heavy atom. The predicted octanol–water partition coefficient (Wildman–Crippen LogP) is 4.19. The Bertz CT molecular complexity index is 976. The summed E-state index contributed by atoms with van der Waals surface area (Å²) in [5.41, 5.74) is 0.672. The molecular formula is C20H21ClF3IN6. The van der Waals surface area contributed by atoms with E-state index < -0.39 is 11.7 Å². The van der Waals surface area contributed by atoms with Crippen molar-refractivity contribution in [2.24, 2.45) is 4.99 Å². The Labute approximate surface area is 200 Å². The zero-order valence-electron chi connectivity index (χ0n) is 16.6. The van der Waals surface area contributed by atoms with Crippen LogP contribution in [0.3, 0.4) is 0 Å². The van der Waals surface area contributed by atoms with E-state index in [1.54, 1.807) is 19.2 Å². The van der Waals surface area contributed by atoms with Crippen molar-refractivity contribution in [2.75, 3.05) is 25.0 Å². The third-order valence-corrected chi connectivity index (χ3v) is 5.00. The maximum absolute atomic E-state index is 12.8. The fourth-order valence-corrected chi connectivity index (χ4v) is 3.50. The van der Waals surface area contributed by atoms with E-state index in [9.17, 15) is 13.2 Å². The average molecular weight is 565 g/mol. The summed E-state index contributed by atoms with van der Waals surface area (Å²) in [6.07, 6.45) is -2.92. The first kappa shape index (κ1) is 25.0. The van der Waals surface area contributed by atoms with Crippen LogP contribution >= 0.6 is 35.6 Å². The quantitative estimate of drug-likeness (QED) is 0.331. The van der Waals surface area contributed by atoms with Gasteiger partial charge in [0.2, 0.25) is 0 Å². The Kier molecular flexibility index (Phi) is 8.76. The number of pyridine rings is 1. The molecule has 166 valence electrons. The van der Waals surface area contributed by atoms with E-state index in [0.717, 1.165) is 24.2 Å². The van der Waals surface area contributed by atoms with E-state index in [1.165, 1.54) is 0 Å². The van der Waals surface area contributed by atoms with Crippen LogP contribution in [0, 0.1) is 11.3 Å². The first-order chi connectivity index (χ1) is 14.3. The number of nitriles is 1. The lowest BCUT2D eigenvalue weighted by Gasteiger charge is -2.21. The van der Waals surface area contributed by atoms with Gasteiger partial charge < -0.3 is 15.5 Å². The molecule has 1 aliphatic rings. The summed E-state index contributed by atoms with van der Waals surface area (Å²) in [5, 5.41) is 15.5. The lowest BCUT2D eigenvalue weighted by atomic mass is 10.1. The zero-order chi connectivity index (χ0) is 21.7. The summed E-state index contributed by atoms with van der Waals surface area (Å²) < 4.78 is 38.4. The number of aliphatic imine (C=N–C) groups is 1. The lowest BCUT2D eigenvalue weighted by Crippen LogP contribution is -2.44. The van der Waals surface area contributed by atoms with Crippen LogP contribution in [0.4, 0.5) is 19.0 Å². The second-order valence-electron chi connectivity index (χ2n) is 6.84. The fourth-order valence-electron chi connectivity index (χ4n) is 3.21. The van der Waals surface area contributed by atoms with Gasteiger partial charge in [-0.15, -0.1) is 24.0 Å². The third kappa shape index (κ3) is 6.61. The fraction of sp³-hybridized carbons (Fsp3) is 0.350. The van der Waals surface area contributed by atoms with Crippen molar-refractivity contribution >= 4 is 47.4 Å². The molecular weight excluding hydrogens is 544 g/mol. The largest absolute Gasteiger partial charge is 0.417 e. The summed E-state index contributed by atoms with van der Waals surface area (Å²) in [7, 11) is 1.65. The molecule has 1 saturated heterocycles. The van der Waals surface area contributed by atoms with Crippen molar-refractivity contribution in [2.45, 2.75) is 25.2 Å². The highest BCUT2D eigenvalue weighted by atomic mass is 127. The molecule has 1 fully saturated rings. The minimum absolute atomic E-state index is 0. The van der Waals surface area contributed by atoms with Crippen molar-refractivity contribution in [1.29, 1.82) is 5.26 Å². The average Bonchev–Trinajstić information content (AvgIpc) is 3.18. The number of hydrogen-bond donors (Lipinski definition) is 2. The molecule has 1 unspecified atom stereocenters. The van der Waals surface area contributed by atoms with E-state index in [-0.39, 0.29) is 35.0 Å². The van der Waals surface area contributed by atoms with E-state index in [2.05, 4.69) is 26.7 Å². The highest BCUT2D eigenvalue weighted by Crippen LogP contribution is 2.34. The molecule has 0 saturated carbocycles. The number of aromatic nitrogens is 1. The van der Waals surface area contributed by atoms with Gasteiger partial charge in [-0.3, -0.25) is 4.99 Å². The molecule has 0 amide bonds. The number of alkyl halides is 3. The van der Waals surface area contributed by atoms with Crippen LogP contribution in [0.25, 0.3) is 0 Å². The normalized spacial score (nSPS) is 16.5. The molecule has 0 radical (unpaired) electrons. The highest BCUT2D eigenvalue weighted by molar-refractivity contribution is 14.0. The molecule has 3 rings (SSSR count). The van der Waals surface area contributed by atoms with Gasteiger partial charge in [-0.1, -0.05) is 23.7 Å². The second-order valence-corrected chi connectivity index (χ2v) is 7.25. The molecule has 1 aromatic heterocycles. The zero-order valence-corrected chi connectivity index (χ0v) is 19.7. The number of nitrogens with one attached hydrogen (secondary N) is 2. The summed E-state index contributed by atoms with van der Waals surface area (Å²) in [6, 6.07) is 10.3. The topological polar surface area (TPSA) is 76.3 Å². The number of guanidine groups is 1. The second kappa shape index (κ2) is 10.9. The molecule has 0 spiro atoms. The molecule has 1 aliphatic heterocycles. The molecule has 1 aromatic carbocycles. The van der Waals surface area contributed by atoms with Gasteiger partial charge in [0.25, 0.3) is 0 Å². The molecule has 2 aromatic rings. The number of hydrogen-bond acceptors (Lipinski definition) is 4. The van der Waals surface area contributed by atoms with Crippen molar-refractivity contribution in [3.63, 3.8) is 0 Å². The summed E-state index contributed by atoms with van der Waals surface area (Å²) in [5.74, 6) is 0.931. The van der Waals surface area contributed by atoms with Gasteiger partial charge in [0, 0.05) is 38.9 Å². The number of benzene rings is 1. The minimum atomic E-state index is -4.48. The van der Waals surface area contributed by atoms with Crippen LogP contribution in [0.15, 0.2) is 41.5 Å². The molecule has 31 heavy (non-hydrogen) atoms. The standard InChI is InChI=1S/C20H20ClF3N6.HI/c1-26-19(28-10-14-4-2-3-13(7-14)9-25)29-16-5-6-30(12-16)18-17(21)8-15(11-27-18)20(22,23)24;/h2-4,7-8,11,16H,5-6,10,12H2,1H3,(H2,26,28,29);1H. The lowest BCUT2D eigenvalue weighted by molar-refractivity contribution is -0.137. The van der Waals surface area contributed by atoms with Crippen LogP contribution in [0.5, 0.6) is 0 Å². The monoisotopic (exact) mass is 564 g/mol. The van der Waals surface area contributed by atoms with Crippen molar-refractivity contribution < 1.29 is 13.2 Å².